The molecule has 1 aromatic heterocycles. The molecule has 6 nitrogen and oxygen atoms in total. The van der Waals surface area contributed by atoms with Crippen molar-refractivity contribution in [1.82, 2.24) is 9.55 Å². The summed E-state index contributed by atoms with van der Waals surface area (Å²) >= 11 is 0. The number of halogens is 3. The van der Waals surface area contributed by atoms with Crippen molar-refractivity contribution in [1.29, 1.82) is 0 Å². The summed E-state index contributed by atoms with van der Waals surface area (Å²) in [7, 11) is -1.04. The molecule has 2 aromatic carbocycles. The highest BCUT2D eigenvalue weighted by Crippen LogP contribution is 2.33. The third-order valence-electron chi connectivity index (χ3n) is 4.58. The van der Waals surface area contributed by atoms with Gasteiger partial charge in [0.05, 0.1) is 24.2 Å². The second kappa shape index (κ2) is 7.05. The fourth-order valence-corrected chi connectivity index (χ4v) is 3.13. The van der Waals surface area contributed by atoms with E-state index in [1.165, 1.54) is 23.0 Å². The van der Waals surface area contributed by atoms with Crippen molar-refractivity contribution < 1.29 is 27.6 Å². The third-order valence-corrected chi connectivity index (χ3v) is 4.58. The van der Waals surface area contributed by atoms with Crippen LogP contribution in [-0.2, 0) is 17.4 Å². The number of carbonyl (C=O) groups excluding carboxylic acids is 1. The molecule has 0 aliphatic carbocycles. The number of aryl methyl sites for hydroxylation is 1. The lowest BCUT2D eigenvalue weighted by Gasteiger charge is -2.14. The van der Waals surface area contributed by atoms with Crippen LogP contribution in [0.4, 0.5) is 18.9 Å². The van der Waals surface area contributed by atoms with Gasteiger partial charge in [-0.1, -0.05) is 6.07 Å². The van der Waals surface area contributed by atoms with E-state index >= 15 is 0 Å². The number of imidazole rings is 1. The highest BCUT2D eigenvalue weighted by atomic mass is 19.4. The van der Waals surface area contributed by atoms with Crippen LogP contribution in [0, 0.1) is 6.92 Å². The third kappa shape index (κ3) is 3.89. The number of hydrogen-bond acceptors (Lipinski definition) is 4. The van der Waals surface area contributed by atoms with E-state index in [1.807, 2.05) is 0 Å². The number of benzene rings is 2. The van der Waals surface area contributed by atoms with Gasteiger partial charge in [-0.25, -0.2) is 4.98 Å². The number of alkyl halides is 3. The molecule has 0 radical (unpaired) electrons. The number of hydrogen-bond donors (Lipinski definition) is 2. The molecule has 10 heteroatoms. The average Bonchev–Trinajstić information content (AvgIpc) is 3.26. The lowest BCUT2D eigenvalue weighted by molar-refractivity contribution is -0.137. The average molecular weight is 401 g/mol. The van der Waals surface area contributed by atoms with Crippen LogP contribution in [0.25, 0.3) is 5.69 Å². The van der Waals surface area contributed by atoms with Gasteiger partial charge in [-0.05, 0) is 48.3 Å². The lowest BCUT2D eigenvalue weighted by Crippen LogP contribution is -2.28. The summed E-state index contributed by atoms with van der Waals surface area (Å²) < 4.78 is 46.6. The number of anilines is 1. The summed E-state index contributed by atoms with van der Waals surface area (Å²) in [6, 6.07) is 7.91. The Kier molecular flexibility index (Phi) is 4.67. The number of carbonyl (C=O) groups is 1. The van der Waals surface area contributed by atoms with Gasteiger partial charge in [0.25, 0.3) is 5.91 Å². The molecule has 2 heterocycles. The zero-order valence-electron chi connectivity index (χ0n) is 15.2. The topological polar surface area (TPSA) is 76.4 Å². The molecule has 148 valence electrons. The summed E-state index contributed by atoms with van der Waals surface area (Å²) in [6.45, 7) is 1.88. The molecule has 0 fully saturated rings. The van der Waals surface area contributed by atoms with Crippen LogP contribution in [0.1, 0.15) is 27.2 Å². The monoisotopic (exact) mass is 401 g/mol. The van der Waals surface area contributed by atoms with Gasteiger partial charge in [0, 0.05) is 23.1 Å². The number of fused-ring (bicyclic) bond motifs is 1. The molecule has 0 bridgehead atoms. The molecular weight excluding hydrogens is 386 g/mol. The molecule has 0 unspecified atom stereocenters. The SMILES string of the molecule is Cc1cn(-c2cc(NC(=O)c3ccc4c(c3)COB4O)cc(C(F)(F)F)c2)cn1. The van der Waals surface area contributed by atoms with E-state index in [1.54, 1.807) is 25.3 Å². The van der Waals surface area contributed by atoms with E-state index in [4.69, 9.17) is 4.65 Å². The standard InChI is InChI=1S/C19H15BF3N3O3/c1-11-8-26(10-24-11)16-6-14(19(21,22)23)5-15(7-16)25-18(27)12-2-3-17-13(4-12)9-29-20(17)28/h2-8,10,28H,9H2,1H3,(H,25,27). The Hall–Kier alpha value is -3.11. The lowest BCUT2D eigenvalue weighted by atomic mass is 9.79. The van der Waals surface area contributed by atoms with Crippen molar-refractivity contribution in [3.8, 4) is 5.69 Å². The van der Waals surface area contributed by atoms with E-state index in [0.29, 0.717) is 16.7 Å². The Morgan fingerprint density at radius 2 is 2.07 bits per heavy atom. The summed E-state index contributed by atoms with van der Waals surface area (Å²) in [6.07, 6.45) is -1.58. The fraction of sp³-hybridized carbons (Fsp3) is 0.158. The maximum absolute atomic E-state index is 13.3. The predicted octanol–water partition coefficient (Wildman–Crippen LogP) is 2.67. The van der Waals surface area contributed by atoms with Crippen LogP contribution < -0.4 is 10.8 Å². The fourth-order valence-electron chi connectivity index (χ4n) is 3.13. The second-order valence-corrected chi connectivity index (χ2v) is 6.72. The van der Waals surface area contributed by atoms with Gasteiger partial charge in [-0.2, -0.15) is 13.2 Å². The summed E-state index contributed by atoms with van der Waals surface area (Å²) in [4.78, 5) is 16.6. The zero-order valence-corrected chi connectivity index (χ0v) is 15.2. The molecule has 29 heavy (non-hydrogen) atoms. The predicted molar refractivity (Wildman–Crippen MR) is 100 cm³/mol. The van der Waals surface area contributed by atoms with Gasteiger partial charge in [-0.15, -0.1) is 0 Å². The van der Waals surface area contributed by atoms with Crippen LogP contribution >= 0.6 is 0 Å². The van der Waals surface area contributed by atoms with Gasteiger partial charge >= 0.3 is 13.3 Å². The Balaban J connectivity index is 1.66. The maximum atomic E-state index is 13.3. The van der Waals surface area contributed by atoms with Crippen molar-refractivity contribution in [2.24, 2.45) is 0 Å². The van der Waals surface area contributed by atoms with Crippen molar-refractivity contribution in [3.63, 3.8) is 0 Å². The minimum Gasteiger partial charge on any atom is -0.423 e. The molecule has 0 saturated heterocycles. The first-order valence-electron chi connectivity index (χ1n) is 8.68. The first-order valence-corrected chi connectivity index (χ1v) is 8.68. The molecule has 0 atom stereocenters. The highest BCUT2D eigenvalue weighted by molar-refractivity contribution is 6.61. The highest BCUT2D eigenvalue weighted by Gasteiger charge is 2.32. The van der Waals surface area contributed by atoms with Crippen LogP contribution in [0.5, 0.6) is 0 Å². The Labute approximate surface area is 164 Å². The normalized spacial score (nSPS) is 13.5. The second-order valence-electron chi connectivity index (χ2n) is 6.72. The minimum absolute atomic E-state index is 0.00274. The largest absolute Gasteiger partial charge is 0.491 e. The number of nitrogens with zero attached hydrogens (tertiary/aromatic N) is 2. The Morgan fingerprint density at radius 1 is 1.28 bits per heavy atom. The van der Waals surface area contributed by atoms with Crippen LogP contribution in [0.3, 0.4) is 0 Å². The number of amides is 1. The summed E-state index contributed by atoms with van der Waals surface area (Å²) in [5, 5.41) is 12.2. The molecule has 2 N–H and O–H groups in total. The van der Waals surface area contributed by atoms with Gasteiger partial charge in [0.2, 0.25) is 0 Å². The first kappa shape index (κ1) is 19.2. The van der Waals surface area contributed by atoms with Crippen molar-refractivity contribution in [3.05, 3.63) is 71.3 Å². The Morgan fingerprint density at radius 3 is 2.76 bits per heavy atom. The summed E-state index contributed by atoms with van der Waals surface area (Å²) in [5.41, 5.74) is 1.46. The molecule has 0 saturated carbocycles. The van der Waals surface area contributed by atoms with Crippen LogP contribution in [-0.4, -0.2) is 27.6 Å². The van der Waals surface area contributed by atoms with Gasteiger partial charge < -0.3 is 19.6 Å². The summed E-state index contributed by atoms with van der Waals surface area (Å²) in [5.74, 6) is -0.568. The number of aromatic nitrogens is 2. The van der Waals surface area contributed by atoms with Gasteiger partial charge in [0.1, 0.15) is 0 Å². The Bertz CT molecular complexity index is 1100. The number of nitrogens with one attached hydrogen (secondary N) is 1. The first-order chi connectivity index (χ1) is 13.7. The zero-order chi connectivity index (χ0) is 20.8. The maximum Gasteiger partial charge on any atom is 0.491 e. The van der Waals surface area contributed by atoms with E-state index in [-0.39, 0.29) is 23.5 Å². The molecule has 1 aliphatic rings. The van der Waals surface area contributed by atoms with Crippen molar-refractivity contribution in [2.75, 3.05) is 5.32 Å². The smallest absolute Gasteiger partial charge is 0.423 e. The molecule has 1 amide bonds. The van der Waals surface area contributed by atoms with Crippen molar-refractivity contribution in [2.45, 2.75) is 19.7 Å². The molecule has 1 aliphatic heterocycles. The minimum atomic E-state index is -4.58. The van der Waals surface area contributed by atoms with Crippen LogP contribution in [0.2, 0.25) is 0 Å². The van der Waals surface area contributed by atoms with Gasteiger partial charge in [0.15, 0.2) is 0 Å². The molecule has 0 spiro atoms. The van der Waals surface area contributed by atoms with E-state index in [0.717, 1.165) is 12.1 Å². The quantitative estimate of drug-likeness (QED) is 0.662. The molecular formula is C19H15BF3N3O3. The van der Waals surface area contributed by atoms with Gasteiger partial charge in [-0.3, -0.25) is 4.79 Å². The van der Waals surface area contributed by atoms with E-state index in [2.05, 4.69) is 10.3 Å². The van der Waals surface area contributed by atoms with E-state index in [9.17, 15) is 23.0 Å². The molecule has 4 rings (SSSR count). The number of rotatable bonds is 3. The molecule has 3 aromatic rings. The van der Waals surface area contributed by atoms with Crippen LogP contribution in [0.15, 0.2) is 48.9 Å². The van der Waals surface area contributed by atoms with Crippen molar-refractivity contribution >= 4 is 24.2 Å². The van der Waals surface area contributed by atoms with E-state index < -0.39 is 24.8 Å².